The molecule has 1 N–H and O–H groups in total. The number of ketones is 1. The fourth-order valence-corrected chi connectivity index (χ4v) is 4.23. The number of methoxy groups -OCH3 is 2. The van der Waals surface area contributed by atoms with Gasteiger partial charge < -0.3 is 24.2 Å². The molecule has 0 unspecified atom stereocenters. The van der Waals surface area contributed by atoms with Crippen molar-refractivity contribution in [2.75, 3.05) is 14.2 Å². The predicted molar refractivity (Wildman–Crippen MR) is 134 cm³/mol. The molecular weight excluding hydrogens is 460 g/mol. The second kappa shape index (κ2) is 10.5. The summed E-state index contributed by atoms with van der Waals surface area (Å²) in [6, 6.07) is 14.5. The molecular formula is C28H28N2O6. The zero-order valence-electron chi connectivity index (χ0n) is 20.6. The number of aromatic nitrogens is 1. The molecule has 8 heteroatoms. The van der Waals surface area contributed by atoms with Gasteiger partial charge in [-0.25, -0.2) is 0 Å². The number of nitrogens with zero attached hydrogens (tertiary/aromatic N) is 2. The fraction of sp³-hybridized carbons (Fsp3) is 0.250. The second-order valence-electron chi connectivity index (χ2n) is 8.59. The molecule has 1 aromatic heterocycles. The van der Waals surface area contributed by atoms with Crippen molar-refractivity contribution < 1.29 is 28.9 Å². The number of benzene rings is 2. The van der Waals surface area contributed by atoms with Gasteiger partial charge in [-0.2, -0.15) is 0 Å². The highest BCUT2D eigenvalue weighted by Crippen LogP contribution is 2.44. The van der Waals surface area contributed by atoms with Crippen molar-refractivity contribution in [2.24, 2.45) is 0 Å². The Kier molecular flexibility index (Phi) is 7.24. The van der Waals surface area contributed by atoms with Crippen LogP contribution in [0.3, 0.4) is 0 Å². The summed E-state index contributed by atoms with van der Waals surface area (Å²) in [4.78, 5) is 32.2. The highest BCUT2D eigenvalue weighted by Gasteiger charge is 2.47. The maximum atomic E-state index is 13.3. The Labute approximate surface area is 209 Å². The summed E-state index contributed by atoms with van der Waals surface area (Å²) >= 11 is 0. The Morgan fingerprint density at radius 1 is 1.03 bits per heavy atom. The van der Waals surface area contributed by atoms with E-state index in [0.29, 0.717) is 28.4 Å². The predicted octanol–water partition coefficient (Wildman–Crippen LogP) is 4.51. The largest absolute Gasteiger partial charge is 0.507 e. The third-order valence-corrected chi connectivity index (χ3v) is 5.85. The number of aliphatic hydroxyl groups excluding tert-OH is 1. The van der Waals surface area contributed by atoms with Crippen LogP contribution in [0.15, 0.2) is 72.6 Å². The summed E-state index contributed by atoms with van der Waals surface area (Å²) in [7, 11) is 3.03. The fourth-order valence-electron chi connectivity index (χ4n) is 4.23. The Balaban J connectivity index is 1.87. The zero-order valence-corrected chi connectivity index (χ0v) is 20.6. The summed E-state index contributed by atoms with van der Waals surface area (Å²) in [5, 5.41) is 11.3. The number of rotatable bonds is 8. The maximum Gasteiger partial charge on any atom is 0.295 e. The van der Waals surface area contributed by atoms with Gasteiger partial charge in [0, 0.05) is 30.1 Å². The molecule has 0 radical (unpaired) electrons. The van der Waals surface area contributed by atoms with Crippen molar-refractivity contribution in [1.29, 1.82) is 0 Å². The number of carbonyl (C=O) groups is 2. The van der Waals surface area contributed by atoms with E-state index in [1.807, 2.05) is 19.9 Å². The highest BCUT2D eigenvalue weighted by atomic mass is 16.5. The number of pyridine rings is 1. The van der Waals surface area contributed by atoms with Crippen LogP contribution in [0.2, 0.25) is 0 Å². The molecule has 0 spiro atoms. The number of hydrogen-bond donors (Lipinski definition) is 1. The normalized spacial score (nSPS) is 16.9. The van der Waals surface area contributed by atoms with Crippen molar-refractivity contribution in [1.82, 2.24) is 9.88 Å². The third-order valence-electron chi connectivity index (χ3n) is 5.85. The summed E-state index contributed by atoms with van der Waals surface area (Å²) in [5.41, 5.74) is 1.60. The van der Waals surface area contributed by atoms with Crippen molar-refractivity contribution in [3.63, 3.8) is 0 Å². The lowest BCUT2D eigenvalue weighted by Crippen LogP contribution is -2.29. The van der Waals surface area contributed by atoms with E-state index in [0.717, 1.165) is 5.56 Å². The first-order valence-corrected chi connectivity index (χ1v) is 11.5. The summed E-state index contributed by atoms with van der Waals surface area (Å²) in [6.07, 6.45) is 3.25. The van der Waals surface area contributed by atoms with Crippen LogP contribution in [0.1, 0.15) is 36.6 Å². The highest BCUT2D eigenvalue weighted by molar-refractivity contribution is 6.46. The topological polar surface area (TPSA) is 98.2 Å². The van der Waals surface area contributed by atoms with Crippen LogP contribution in [0.25, 0.3) is 5.76 Å². The number of aliphatic hydroxyl groups is 1. The van der Waals surface area contributed by atoms with Gasteiger partial charge in [0.25, 0.3) is 11.7 Å². The minimum atomic E-state index is -0.915. The molecule has 0 saturated carbocycles. The average Bonchev–Trinajstić information content (AvgIpc) is 3.13. The van der Waals surface area contributed by atoms with Gasteiger partial charge >= 0.3 is 0 Å². The molecule has 2 heterocycles. The molecule has 3 aromatic rings. The van der Waals surface area contributed by atoms with Crippen molar-refractivity contribution in [3.8, 4) is 17.2 Å². The van der Waals surface area contributed by atoms with E-state index < -0.39 is 17.7 Å². The minimum absolute atomic E-state index is 0.0113. The van der Waals surface area contributed by atoms with Gasteiger partial charge in [0.2, 0.25) is 0 Å². The van der Waals surface area contributed by atoms with E-state index in [2.05, 4.69) is 4.98 Å². The maximum absolute atomic E-state index is 13.3. The van der Waals surface area contributed by atoms with Gasteiger partial charge in [-0.15, -0.1) is 0 Å². The molecule has 36 heavy (non-hydrogen) atoms. The lowest BCUT2D eigenvalue weighted by Gasteiger charge is -2.27. The Bertz CT molecular complexity index is 1290. The van der Waals surface area contributed by atoms with Gasteiger partial charge in [0.05, 0.1) is 31.9 Å². The van der Waals surface area contributed by atoms with E-state index in [-0.39, 0.29) is 24.0 Å². The first-order valence-electron chi connectivity index (χ1n) is 11.5. The number of carbonyl (C=O) groups excluding carboxylic acids is 2. The molecule has 1 fully saturated rings. The van der Waals surface area contributed by atoms with E-state index in [4.69, 9.17) is 14.2 Å². The number of amides is 1. The molecule has 1 aliphatic rings. The summed E-state index contributed by atoms with van der Waals surface area (Å²) < 4.78 is 16.7. The van der Waals surface area contributed by atoms with Crippen molar-refractivity contribution in [2.45, 2.75) is 32.5 Å². The van der Waals surface area contributed by atoms with Crippen LogP contribution in [0.4, 0.5) is 0 Å². The van der Waals surface area contributed by atoms with Crippen LogP contribution in [-0.2, 0) is 16.1 Å². The first kappa shape index (κ1) is 24.8. The van der Waals surface area contributed by atoms with Gasteiger partial charge in [-0.05, 0) is 67.9 Å². The molecule has 1 saturated heterocycles. The monoisotopic (exact) mass is 488 g/mol. The molecule has 0 aliphatic carbocycles. The van der Waals surface area contributed by atoms with Crippen LogP contribution in [-0.4, -0.2) is 47.0 Å². The van der Waals surface area contributed by atoms with E-state index in [1.165, 1.54) is 19.1 Å². The van der Waals surface area contributed by atoms with Gasteiger partial charge in [-0.3, -0.25) is 14.6 Å². The lowest BCUT2D eigenvalue weighted by molar-refractivity contribution is -0.140. The lowest BCUT2D eigenvalue weighted by atomic mass is 9.94. The second-order valence-corrected chi connectivity index (χ2v) is 8.59. The quantitative estimate of drug-likeness (QED) is 0.283. The molecule has 1 atom stereocenters. The van der Waals surface area contributed by atoms with Crippen LogP contribution >= 0.6 is 0 Å². The molecule has 1 amide bonds. The molecule has 2 aromatic carbocycles. The van der Waals surface area contributed by atoms with E-state index in [1.54, 1.807) is 60.9 Å². The van der Waals surface area contributed by atoms with Gasteiger partial charge in [0.15, 0.2) is 0 Å². The number of Topliss-reactive ketones (excluding diaryl/α,β-unsaturated/α-hetero) is 1. The summed E-state index contributed by atoms with van der Waals surface area (Å²) in [5.74, 6) is -0.195. The number of likely N-dealkylation sites (tertiary alicyclic amines) is 1. The van der Waals surface area contributed by atoms with E-state index >= 15 is 0 Å². The number of hydrogen-bond acceptors (Lipinski definition) is 7. The Hall–Kier alpha value is -4.33. The van der Waals surface area contributed by atoms with Crippen molar-refractivity contribution >= 4 is 17.4 Å². The molecule has 4 rings (SSSR count). The first-order chi connectivity index (χ1) is 17.3. The van der Waals surface area contributed by atoms with Gasteiger partial charge in [0.1, 0.15) is 23.0 Å². The van der Waals surface area contributed by atoms with Crippen LogP contribution < -0.4 is 14.2 Å². The molecule has 0 bridgehead atoms. The van der Waals surface area contributed by atoms with Crippen LogP contribution in [0, 0.1) is 0 Å². The zero-order chi connectivity index (χ0) is 25.8. The molecule has 8 nitrogen and oxygen atoms in total. The molecule has 186 valence electrons. The third kappa shape index (κ3) is 4.88. The SMILES string of the molecule is COc1ccc(OC)c([C@H]2/C(=C(\O)c3ccc(OC(C)C)cc3)C(=O)C(=O)N2Cc2cccnc2)c1. The van der Waals surface area contributed by atoms with Crippen LogP contribution in [0.5, 0.6) is 17.2 Å². The standard InChI is InChI=1S/C28H28N2O6/c1-17(2)36-20-9-7-19(8-10-20)26(31)24-25(22-14-21(34-3)11-12-23(22)35-4)30(28(33)27(24)32)16-18-6-5-13-29-15-18/h5-15,17,25,31H,16H2,1-4H3/b26-24+/t25-/m0/s1. The number of ether oxygens (including phenoxy) is 3. The summed E-state index contributed by atoms with van der Waals surface area (Å²) in [6.45, 7) is 3.94. The van der Waals surface area contributed by atoms with Crippen molar-refractivity contribution in [3.05, 3.63) is 89.3 Å². The Morgan fingerprint density at radius 2 is 1.75 bits per heavy atom. The Morgan fingerprint density at radius 3 is 2.36 bits per heavy atom. The average molecular weight is 489 g/mol. The smallest absolute Gasteiger partial charge is 0.295 e. The minimum Gasteiger partial charge on any atom is -0.507 e. The van der Waals surface area contributed by atoms with Gasteiger partial charge in [-0.1, -0.05) is 6.07 Å². The molecule has 1 aliphatic heterocycles. The van der Waals surface area contributed by atoms with E-state index in [9.17, 15) is 14.7 Å².